The lowest BCUT2D eigenvalue weighted by atomic mass is 10.2. The summed E-state index contributed by atoms with van der Waals surface area (Å²) in [5.74, 6) is -0.889. The standard InChI is InChI=1S/C15H10ClFN2OS2/c1-21-9-3-5-12-13(7-9)22-15(18-12)19-14(20)10-4-2-8(17)6-11(10)16/h2-7H,1H3,(H,18,19,20). The minimum absolute atomic E-state index is 0.0725. The Morgan fingerprint density at radius 3 is 2.86 bits per heavy atom. The number of thiazole rings is 1. The third kappa shape index (κ3) is 3.09. The summed E-state index contributed by atoms with van der Waals surface area (Å²) in [6.45, 7) is 0. The number of benzene rings is 2. The quantitative estimate of drug-likeness (QED) is 0.670. The number of anilines is 1. The molecule has 0 unspecified atom stereocenters. The van der Waals surface area contributed by atoms with Crippen LogP contribution in [0, 0.1) is 5.82 Å². The first-order valence-electron chi connectivity index (χ1n) is 6.28. The minimum atomic E-state index is -0.480. The first-order chi connectivity index (χ1) is 10.6. The van der Waals surface area contributed by atoms with Crippen molar-refractivity contribution >= 4 is 56.0 Å². The van der Waals surface area contributed by atoms with E-state index in [1.54, 1.807) is 11.8 Å². The van der Waals surface area contributed by atoms with Crippen molar-refractivity contribution in [2.75, 3.05) is 11.6 Å². The lowest BCUT2D eigenvalue weighted by Crippen LogP contribution is -2.12. The predicted octanol–water partition coefficient (Wildman–Crippen LogP) is 5.06. The van der Waals surface area contributed by atoms with E-state index in [1.165, 1.54) is 23.5 Å². The SMILES string of the molecule is CSc1ccc2nc(NC(=O)c3ccc(F)cc3Cl)sc2c1. The molecule has 3 nitrogen and oxygen atoms in total. The van der Waals surface area contributed by atoms with Crippen LogP contribution < -0.4 is 5.32 Å². The second-order valence-corrected chi connectivity index (χ2v) is 6.75. The normalized spacial score (nSPS) is 10.9. The molecule has 0 atom stereocenters. The largest absolute Gasteiger partial charge is 0.298 e. The summed E-state index contributed by atoms with van der Waals surface area (Å²) in [4.78, 5) is 17.7. The number of hydrogen-bond donors (Lipinski definition) is 1. The van der Waals surface area contributed by atoms with Crippen molar-refractivity contribution in [3.63, 3.8) is 0 Å². The van der Waals surface area contributed by atoms with Gasteiger partial charge >= 0.3 is 0 Å². The van der Waals surface area contributed by atoms with Crippen LogP contribution in [0.15, 0.2) is 41.3 Å². The van der Waals surface area contributed by atoms with Gasteiger partial charge in [0.15, 0.2) is 5.13 Å². The molecule has 3 rings (SSSR count). The van der Waals surface area contributed by atoms with Gasteiger partial charge in [-0.05, 0) is 42.7 Å². The van der Waals surface area contributed by atoms with Crippen LogP contribution in [-0.4, -0.2) is 17.1 Å². The van der Waals surface area contributed by atoms with Gasteiger partial charge in [0, 0.05) is 4.90 Å². The van der Waals surface area contributed by atoms with E-state index in [-0.39, 0.29) is 10.6 Å². The van der Waals surface area contributed by atoms with Gasteiger partial charge in [-0.15, -0.1) is 11.8 Å². The Morgan fingerprint density at radius 2 is 2.14 bits per heavy atom. The molecule has 0 aliphatic heterocycles. The average Bonchev–Trinajstić information content (AvgIpc) is 2.87. The summed E-state index contributed by atoms with van der Waals surface area (Å²) in [6.07, 6.45) is 2.00. The van der Waals surface area contributed by atoms with Crippen LogP contribution in [0.2, 0.25) is 5.02 Å². The Labute approximate surface area is 139 Å². The smallest absolute Gasteiger partial charge is 0.258 e. The van der Waals surface area contributed by atoms with Crippen molar-refractivity contribution in [3.8, 4) is 0 Å². The number of aromatic nitrogens is 1. The van der Waals surface area contributed by atoms with Crippen LogP contribution in [0.1, 0.15) is 10.4 Å². The average molecular weight is 353 g/mol. The summed E-state index contributed by atoms with van der Waals surface area (Å²) in [5.41, 5.74) is 1.04. The molecule has 0 spiro atoms. The number of carbonyl (C=O) groups is 1. The van der Waals surface area contributed by atoms with Crippen molar-refractivity contribution in [2.45, 2.75) is 4.90 Å². The minimum Gasteiger partial charge on any atom is -0.298 e. The van der Waals surface area contributed by atoms with E-state index in [0.29, 0.717) is 5.13 Å². The van der Waals surface area contributed by atoms with Crippen molar-refractivity contribution < 1.29 is 9.18 Å². The molecule has 0 fully saturated rings. The molecule has 0 bridgehead atoms. The third-order valence-corrected chi connectivity index (χ3v) is 4.96. The molecule has 0 radical (unpaired) electrons. The van der Waals surface area contributed by atoms with Gasteiger partial charge in [0.25, 0.3) is 5.91 Å². The lowest BCUT2D eigenvalue weighted by molar-refractivity contribution is 0.102. The highest BCUT2D eigenvalue weighted by Gasteiger charge is 2.13. The van der Waals surface area contributed by atoms with E-state index in [0.717, 1.165) is 21.2 Å². The van der Waals surface area contributed by atoms with E-state index >= 15 is 0 Å². The molecule has 0 aliphatic rings. The van der Waals surface area contributed by atoms with Crippen LogP contribution in [-0.2, 0) is 0 Å². The molecule has 1 heterocycles. The molecule has 3 aromatic rings. The number of hydrogen-bond acceptors (Lipinski definition) is 4. The molecular formula is C15H10ClFN2OS2. The molecule has 1 amide bonds. The number of nitrogens with zero attached hydrogens (tertiary/aromatic N) is 1. The maximum atomic E-state index is 13.0. The Bertz CT molecular complexity index is 866. The Balaban J connectivity index is 1.87. The Kier molecular flexibility index (Phi) is 4.33. The number of amides is 1. The maximum absolute atomic E-state index is 13.0. The molecule has 0 aliphatic carbocycles. The van der Waals surface area contributed by atoms with Crippen LogP contribution in [0.3, 0.4) is 0 Å². The van der Waals surface area contributed by atoms with Crippen molar-refractivity contribution in [1.82, 2.24) is 4.98 Å². The highest BCUT2D eigenvalue weighted by Crippen LogP contribution is 2.30. The number of carbonyl (C=O) groups excluding carboxylic acids is 1. The van der Waals surface area contributed by atoms with Crippen LogP contribution in [0.4, 0.5) is 9.52 Å². The van der Waals surface area contributed by atoms with Gasteiger partial charge in [-0.25, -0.2) is 9.37 Å². The van der Waals surface area contributed by atoms with Gasteiger partial charge in [-0.2, -0.15) is 0 Å². The van der Waals surface area contributed by atoms with E-state index in [2.05, 4.69) is 10.3 Å². The second-order valence-electron chi connectivity index (χ2n) is 4.43. The van der Waals surface area contributed by atoms with E-state index < -0.39 is 11.7 Å². The summed E-state index contributed by atoms with van der Waals surface area (Å²) in [7, 11) is 0. The molecule has 0 saturated carbocycles. The van der Waals surface area contributed by atoms with E-state index in [1.807, 2.05) is 24.5 Å². The van der Waals surface area contributed by atoms with Gasteiger partial charge in [0.05, 0.1) is 20.8 Å². The zero-order chi connectivity index (χ0) is 15.7. The summed E-state index contributed by atoms with van der Waals surface area (Å²) < 4.78 is 14.0. The Morgan fingerprint density at radius 1 is 1.32 bits per heavy atom. The molecule has 1 aromatic heterocycles. The fourth-order valence-electron chi connectivity index (χ4n) is 1.92. The zero-order valence-corrected chi connectivity index (χ0v) is 13.8. The van der Waals surface area contributed by atoms with Crippen molar-refractivity contribution in [1.29, 1.82) is 0 Å². The number of thioether (sulfide) groups is 1. The number of nitrogens with one attached hydrogen (secondary N) is 1. The fourth-order valence-corrected chi connectivity index (χ4v) is 3.59. The molecule has 22 heavy (non-hydrogen) atoms. The first kappa shape index (κ1) is 15.3. The summed E-state index contributed by atoms with van der Waals surface area (Å²) in [5, 5.41) is 3.26. The van der Waals surface area contributed by atoms with Crippen molar-refractivity contribution in [2.24, 2.45) is 0 Å². The molecule has 2 aromatic carbocycles. The molecule has 7 heteroatoms. The zero-order valence-electron chi connectivity index (χ0n) is 11.4. The lowest BCUT2D eigenvalue weighted by Gasteiger charge is -2.03. The van der Waals surface area contributed by atoms with Gasteiger partial charge in [-0.3, -0.25) is 10.1 Å². The van der Waals surface area contributed by atoms with Crippen LogP contribution in [0.5, 0.6) is 0 Å². The first-order valence-corrected chi connectivity index (χ1v) is 8.70. The fraction of sp³-hybridized carbons (Fsp3) is 0.0667. The maximum Gasteiger partial charge on any atom is 0.258 e. The third-order valence-electron chi connectivity index (χ3n) is 2.99. The topological polar surface area (TPSA) is 42.0 Å². The van der Waals surface area contributed by atoms with Crippen LogP contribution in [0.25, 0.3) is 10.2 Å². The van der Waals surface area contributed by atoms with Gasteiger partial charge in [-0.1, -0.05) is 22.9 Å². The summed E-state index contributed by atoms with van der Waals surface area (Å²) in [6, 6.07) is 9.58. The number of fused-ring (bicyclic) bond motifs is 1. The molecule has 0 saturated heterocycles. The number of rotatable bonds is 3. The van der Waals surface area contributed by atoms with E-state index in [9.17, 15) is 9.18 Å². The van der Waals surface area contributed by atoms with Crippen LogP contribution >= 0.6 is 34.7 Å². The molecular weight excluding hydrogens is 343 g/mol. The second kappa shape index (κ2) is 6.24. The highest BCUT2D eigenvalue weighted by atomic mass is 35.5. The highest BCUT2D eigenvalue weighted by molar-refractivity contribution is 7.98. The number of halogens is 2. The predicted molar refractivity (Wildman–Crippen MR) is 90.8 cm³/mol. The summed E-state index contributed by atoms with van der Waals surface area (Å²) >= 11 is 8.92. The van der Waals surface area contributed by atoms with Gasteiger partial charge in [0.1, 0.15) is 5.82 Å². The van der Waals surface area contributed by atoms with Gasteiger partial charge in [0.2, 0.25) is 0 Å². The van der Waals surface area contributed by atoms with E-state index in [4.69, 9.17) is 11.6 Å². The molecule has 1 N–H and O–H groups in total. The molecule has 112 valence electrons. The monoisotopic (exact) mass is 352 g/mol. The van der Waals surface area contributed by atoms with Gasteiger partial charge < -0.3 is 0 Å². The Hall–Kier alpha value is -1.63. The van der Waals surface area contributed by atoms with Crippen molar-refractivity contribution in [3.05, 3.63) is 52.8 Å².